The second kappa shape index (κ2) is 6.53. The van der Waals surface area contributed by atoms with E-state index in [9.17, 15) is 0 Å². The topological polar surface area (TPSA) is 35.9 Å². The molecule has 0 spiro atoms. The maximum Gasteiger partial charge on any atom is 0.0294 e. The second-order valence-corrected chi connectivity index (χ2v) is 6.51. The maximum atomic E-state index is 7.75. The molecule has 1 aliphatic rings. The van der Waals surface area contributed by atoms with Crippen molar-refractivity contribution in [1.29, 1.82) is 5.41 Å². The molecule has 0 bridgehead atoms. The Morgan fingerprint density at radius 3 is 2.80 bits per heavy atom. The van der Waals surface area contributed by atoms with E-state index in [0.717, 1.165) is 31.5 Å². The number of hydrogen-bond acceptors (Lipinski definition) is 2. The Hall–Kier alpha value is -1.15. The van der Waals surface area contributed by atoms with Crippen LogP contribution in [0, 0.1) is 10.8 Å². The largest absolute Gasteiger partial charge is 0.310 e. The summed E-state index contributed by atoms with van der Waals surface area (Å²) in [6.07, 6.45) is 5.67. The van der Waals surface area contributed by atoms with Crippen molar-refractivity contribution in [2.75, 3.05) is 6.54 Å². The zero-order valence-electron chi connectivity index (χ0n) is 13.1. The van der Waals surface area contributed by atoms with E-state index in [1.807, 2.05) is 6.92 Å². The van der Waals surface area contributed by atoms with E-state index < -0.39 is 0 Å². The summed E-state index contributed by atoms with van der Waals surface area (Å²) < 4.78 is 0. The lowest BCUT2D eigenvalue weighted by molar-refractivity contribution is 0.228. The van der Waals surface area contributed by atoms with Gasteiger partial charge in [-0.1, -0.05) is 37.6 Å². The second-order valence-electron chi connectivity index (χ2n) is 6.51. The molecule has 2 heteroatoms. The summed E-state index contributed by atoms with van der Waals surface area (Å²) in [5, 5.41) is 11.5. The number of nitrogens with one attached hydrogen (secondary N) is 2. The fourth-order valence-electron chi connectivity index (χ4n) is 3.53. The van der Waals surface area contributed by atoms with Gasteiger partial charge in [0.15, 0.2) is 0 Å². The minimum absolute atomic E-state index is 0.317. The molecule has 2 nitrogen and oxygen atoms in total. The molecule has 1 aliphatic heterocycles. The third-order valence-electron chi connectivity index (χ3n) is 4.68. The third kappa shape index (κ3) is 3.49. The van der Waals surface area contributed by atoms with Crippen LogP contribution in [0.25, 0.3) is 0 Å². The summed E-state index contributed by atoms with van der Waals surface area (Å²) >= 11 is 0. The van der Waals surface area contributed by atoms with Crippen LogP contribution in [0.4, 0.5) is 0 Å². The molecule has 0 fully saturated rings. The maximum absolute atomic E-state index is 7.75. The Balaban J connectivity index is 2.27. The summed E-state index contributed by atoms with van der Waals surface area (Å²) in [7, 11) is 0. The highest BCUT2D eigenvalue weighted by molar-refractivity contribution is 5.78. The smallest absolute Gasteiger partial charge is 0.0294 e. The highest BCUT2D eigenvalue weighted by atomic mass is 14.9. The Bertz CT molecular complexity index is 466. The predicted molar refractivity (Wildman–Crippen MR) is 86.5 cm³/mol. The van der Waals surface area contributed by atoms with E-state index in [1.165, 1.54) is 24.0 Å². The summed E-state index contributed by atoms with van der Waals surface area (Å²) in [5.41, 5.74) is 4.09. The van der Waals surface area contributed by atoms with Crippen LogP contribution in [-0.4, -0.2) is 12.3 Å². The summed E-state index contributed by atoms with van der Waals surface area (Å²) in [6.45, 7) is 7.55. The van der Waals surface area contributed by atoms with E-state index in [1.54, 1.807) is 0 Å². The van der Waals surface area contributed by atoms with Crippen LogP contribution in [-0.2, 0) is 6.42 Å². The molecule has 1 aromatic carbocycles. The highest BCUT2D eigenvalue weighted by Crippen LogP contribution is 2.38. The van der Waals surface area contributed by atoms with Crippen molar-refractivity contribution >= 4 is 5.71 Å². The van der Waals surface area contributed by atoms with Gasteiger partial charge in [-0.15, -0.1) is 0 Å². The van der Waals surface area contributed by atoms with Crippen molar-refractivity contribution in [1.82, 2.24) is 5.32 Å². The normalized spacial score (nSPS) is 25.9. The van der Waals surface area contributed by atoms with Gasteiger partial charge < -0.3 is 10.7 Å². The fraction of sp³-hybridized carbons (Fsp3) is 0.611. The van der Waals surface area contributed by atoms with Gasteiger partial charge in [0.1, 0.15) is 0 Å². The summed E-state index contributed by atoms with van der Waals surface area (Å²) in [4.78, 5) is 0. The Labute approximate surface area is 123 Å². The van der Waals surface area contributed by atoms with E-state index in [0.29, 0.717) is 11.5 Å². The number of rotatable bonds is 5. The van der Waals surface area contributed by atoms with Crippen molar-refractivity contribution in [3.8, 4) is 0 Å². The van der Waals surface area contributed by atoms with Gasteiger partial charge in [-0.05, 0) is 56.1 Å². The lowest BCUT2D eigenvalue weighted by atomic mass is 9.74. The van der Waals surface area contributed by atoms with Gasteiger partial charge in [0.25, 0.3) is 0 Å². The molecular weight excluding hydrogens is 244 g/mol. The summed E-state index contributed by atoms with van der Waals surface area (Å²) in [6, 6.07) is 9.30. The first-order valence-corrected chi connectivity index (χ1v) is 7.91. The van der Waals surface area contributed by atoms with Crippen molar-refractivity contribution in [2.45, 2.75) is 58.9 Å². The number of benzene rings is 1. The molecule has 0 saturated carbocycles. The van der Waals surface area contributed by atoms with Crippen LogP contribution in [0.3, 0.4) is 0 Å². The average Bonchev–Trinajstić information content (AvgIpc) is 2.56. The number of hydrogen-bond donors (Lipinski definition) is 2. The molecule has 0 amide bonds. The molecule has 2 rings (SSSR count). The van der Waals surface area contributed by atoms with Crippen LogP contribution >= 0.6 is 0 Å². The molecule has 2 unspecified atom stereocenters. The van der Waals surface area contributed by atoms with Gasteiger partial charge in [-0.3, -0.25) is 0 Å². The highest BCUT2D eigenvalue weighted by Gasteiger charge is 2.33. The first kappa shape index (κ1) is 15.2. The molecule has 0 aliphatic carbocycles. The molecule has 2 N–H and O–H groups in total. The zero-order chi connectivity index (χ0) is 14.6. The molecule has 2 atom stereocenters. The van der Waals surface area contributed by atoms with Gasteiger partial charge >= 0.3 is 0 Å². The average molecular weight is 272 g/mol. The van der Waals surface area contributed by atoms with Crippen LogP contribution in [0.5, 0.6) is 0 Å². The molecule has 1 heterocycles. The summed E-state index contributed by atoms with van der Waals surface area (Å²) in [5.74, 6) is 0. The molecular formula is C18H28N2. The quantitative estimate of drug-likeness (QED) is 0.761. The molecule has 0 radical (unpaired) electrons. The molecule has 110 valence electrons. The predicted octanol–water partition coefficient (Wildman–Crippen LogP) is 4.50. The van der Waals surface area contributed by atoms with E-state index in [2.05, 4.69) is 43.4 Å². The zero-order valence-corrected chi connectivity index (χ0v) is 13.1. The van der Waals surface area contributed by atoms with Crippen molar-refractivity contribution in [3.63, 3.8) is 0 Å². The Kier molecular flexibility index (Phi) is 4.98. The molecule has 1 aromatic rings. The Morgan fingerprint density at radius 2 is 2.10 bits per heavy atom. The van der Waals surface area contributed by atoms with Crippen molar-refractivity contribution in [3.05, 3.63) is 35.4 Å². The lowest BCUT2D eigenvalue weighted by Gasteiger charge is -2.33. The van der Waals surface area contributed by atoms with Crippen LogP contribution in [0.1, 0.15) is 63.6 Å². The standard InChI is InChI=1S/C18H28N2/c1-4-10-18(11-9-14(2)19)12-16-7-5-6-8-17(16)15(3)20-13-18/h5-8,15,19-20H,4,9-13H2,1-3H3. The van der Waals surface area contributed by atoms with Crippen LogP contribution in [0.2, 0.25) is 0 Å². The number of fused-ring (bicyclic) bond motifs is 1. The first-order chi connectivity index (χ1) is 9.56. The van der Waals surface area contributed by atoms with Gasteiger partial charge in [-0.2, -0.15) is 0 Å². The van der Waals surface area contributed by atoms with E-state index >= 15 is 0 Å². The minimum Gasteiger partial charge on any atom is -0.310 e. The van der Waals surface area contributed by atoms with Gasteiger partial charge in [0.05, 0.1) is 0 Å². The van der Waals surface area contributed by atoms with Crippen molar-refractivity contribution in [2.24, 2.45) is 5.41 Å². The minimum atomic E-state index is 0.317. The lowest BCUT2D eigenvalue weighted by Crippen LogP contribution is -2.35. The van der Waals surface area contributed by atoms with Crippen LogP contribution in [0.15, 0.2) is 24.3 Å². The van der Waals surface area contributed by atoms with Crippen molar-refractivity contribution < 1.29 is 0 Å². The first-order valence-electron chi connectivity index (χ1n) is 7.91. The van der Waals surface area contributed by atoms with Gasteiger partial charge in [0, 0.05) is 18.3 Å². The van der Waals surface area contributed by atoms with Crippen LogP contribution < -0.4 is 5.32 Å². The fourth-order valence-corrected chi connectivity index (χ4v) is 3.53. The molecule has 0 saturated heterocycles. The molecule has 20 heavy (non-hydrogen) atoms. The Morgan fingerprint density at radius 1 is 1.35 bits per heavy atom. The monoisotopic (exact) mass is 272 g/mol. The SMILES string of the molecule is CCCC1(CCC(C)=N)CNC(C)c2ccccc2C1. The molecule has 0 aromatic heterocycles. The van der Waals surface area contributed by atoms with E-state index in [4.69, 9.17) is 5.41 Å². The van der Waals surface area contributed by atoms with Gasteiger partial charge in [0.2, 0.25) is 0 Å². The van der Waals surface area contributed by atoms with E-state index in [-0.39, 0.29) is 0 Å². The van der Waals surface area contributed by atoms with Gasteiger partial charge in [-0.25, -0.2) is 0 Å². The third-order valence-corrected chi connectivity index (χ3v) is 4.68.